The standard InChI is InChI=1S/C23H25FN4O3/c1-15(29)25-10-17-11-28(23(30)31-17)16-5-6-22(21(24)9-16)27-13-19-18(20(19)14-27)12-26-7-3-2-4-8-26/h2-9,17-20H,10-14H2,1H3/p+1/t17-,18?,19-,20+/m0/s1. The molecule has 7 nitrogen and oxygen atoms in total. The van der Waals surface area contributed by atoms with E-state index in [2.05, 4.69) is 27.2 Å². The van der Waals surface area contributed by atoms with E-state index in [1.807, 2.05) is 18.2 Å². The summed E-state index contributed by atoms with van der Waals surface area (Å²) in [6.45, 7) is 4.69. The summed E-state index contributed by atoms with van der Waals surface area (Å²) in [7, 11) is 0. The minimum absolute atomic E-state index is 0.182. The first-order valence-corrected chi connectivity index (χ1v) is 10.7. The molecule has 1 aromatic carbocycles. The fourth-order valence-electron chi connectivity index (χ4n) is 4.93. The maximum absolute atomic E-state index is 14.9. The van der Waals surface area contributed by atoms with Crippen molar-refractivity contribution < 1.29 is 23.3 Å². The minimum atomic E-state index is -0.522. The SMILES string of the molecule is CC(=O)NC[C@H]1CN(c2ccc(N3C[C@@H]4C(C[n+]5ccccc5)[C@@H]4C3)c(F)c2)C(=O)O1. The molecule has 0 radical (unpaired) electrons. The van der Waals surface area contributed by atoms with Crippen LogP contribution in [0.25, 0.3) is 0 Å². The Morgan fingerprint density at radius 3 is 2.61 bits per heavy atom. The van der Waals surface area contributed by atoms with Gasteiger partial charge in [0.2, 0.25) is 5.91 Å². The summed E-state index contributed by atoms with van der Waals surface area (Å²) in [5.41, 5.74) is 1.06. The second-order valence-corrected chi connectivity index (χ2v) is 8.66. The number of hydrogen-bond donors (Lipinski definition) is 1. The average molecular weight is 425 g/mol. The number of cyclic esters (lactones) is 1. The van der Waals surface area contributed by atoms with E-state index in [-0.39, 0.29) is 24.8 Å². The molecule has 1 saturated carbocycles. The Balaban J connectivity index is 1.20. The highest BCUT2D eigenvalue weighted by Crippen LogP contribution is 2.53. The van der Waals surface area contributed by atoms with Crippen LogP contribution in [0.5, 0.6) is 0 Å². The maximum atomic E-state index is 14.9. The van der Waals surface area contributed by atoms with E-state index < -0.39 is 12.2 Å². The van der Waals surface area contributed by atoms with Crippen LogP contribution < -0.4 is 19.7 Å². The van der Waals surface area contributed by atoms with Gasteiger partial charge < -0.3 is 15.0 Å². The van der Waals surface area contributed by atoms with Crippen molar-refractivity contribution in [3.05, 3.63) is 54.6 Å². The lowest BCUT2D eigenvalue weighted by molar-refractivity contribution is -0.700. The highest BCUT2D eigenvalue weighted by Gasteiger charge is 2.57. The zero-order valence-electron chi connectivity index (χ0n) is 17.4. The molecule has 0 bridgehead atoms. The molecule has 2 amide bonds. The Bertz CT molecular complexity index is 990. The molecule has 1 aromatic heterocycles. The van der Waals surface area contributed by atoms with Crippen molar-refractivity contribution in [1.29, 1.82) is 0 Å². The van der Waals surface area contributed by atoms with Crippen LogP contribution in [-0.4, -0.2) is 44.3 Å². The molecule has 31 heavy (non-hydrogen) atoms. The zero-order chi connectivity index (χ0) is 21.5. The van der Waals surface area contributed by atoms with Gasteiger partial charge in [0, 0.05) is 38.1 Å². The molecule has 1 N–H and O–H groups in total. The van der Waals surface area contributed by atoms with Crippen molar-refractivity contribution in [3.8, 4) is 0 Å². The van der Waals surface area contributed by atoms with E-state index in [0.29, 0.717) is 29.1 Å². The maximum Gasteiger partial charge on any atom is 0.414 e. The predicted molar refractivity (Wildman–Crippen MR) is 112 cm³/mol. The van der Waals surface area contributed by atoms with Crippen LogP contribution in [-0.2, 0) is 16.1 Å². The highest BCUT2D eigenvalue weighted by atomic mass is 19.1. The number of aromatic nitrogens is 1. The third-order valence-electron chi connectivity index (χ3n) is 6.61. The fourth-order valence-corrected chi connectivity index (χ4v) is 4.93. The summed E-state index contributed by atoms with van der Waals surface area (Å²) < 4.78 is 22.4. The number of carbonyl (C=O) groups is 2. The molecule has 3 aliphatic rings. The molecule has 2 aliphatic heterocycles. The van der Waals surface area contributed by atoms with Crippen molar-refractivity contribution in [3.63, 3.8) is 0 Å². The molecule has 3 heterocycles. The first-order valence-electron chi connectivity index (χ1n) is 10.7. The number of nitrogens with zero attached hydrogens (tertiary/aromatic N) is 3. The lowest BCUT2D eigenvalue weighted by atomic mass is 10.2. The first kappa shape index (κ1) is 19.8. The molecular weight excluding hydrogens is 399 g/mol. The Labute approximate surface area is 180 Å². The number of fused-ring (bicyclic) bond motifs is 1. The number of carbonyl (C=O) groups excluding carboxylic acids is 2. The number of nitrogens with one attached hydrogen (secondary N) is 1. The van der Waals surface area contributed by atoms with E-state index in [4.69, 9.17) is 4.74 Å². The number of anilines is 2. The number of amides is 2. The van der Waals surface area contributed by atoms with Gasteiger partial charge in [-0.25, -0.2) is 13.8 Å². The zero-order valence-corrected chi connectivity index (χ0v) is 17.4. The number of rotatable bonds is 6. The van der Waals surface area contributed by atoms with Crippen molar-refractivity contribution in [1.82, 2.24) is 5.32 Å². The number of piperidine rings is 1. The smallest absolute Gasteiger partial charge is 0.414 e. The van der Waals surface area contributed by atoms with Gasteiger partial charge in [-0.3, -0.25) is 9.69 Å². The summed E-state index contributed by atoms with van der Waals surface area (Å²) in [6, 6.07) is 11.0. The van der Waals surface area contributed by atoms with Crippen LogP contribution in [0.3, 0.4) is 0 Å². The van der Waals surface area contributed by atoms with Gasteiger partial charge in [0.05, 0.1) is 24.5 Å². The van der Waals surface area contributed by atoms with Crippen molar-refractivity contribution in [2.24, 2.45) is 17.8 Å². The normalized spacial score (nSPS) is 26.6. The molecule has 1 unspecified atom stereocenters. The molecule has 162 valence electrons. The van der Waals surface area contributed by atoms with Crippen LogP contribution >= 0.6 is 0 Å². The van der Waals surface area contributed by atoms with Crippen LogP contribution in [0, 0.1) is 23.6 Å². The van der Waals surface area contributed by atoms with Gasteiger partial charge >= 0.3 is 6.09 Å². The highest BCUT2D eigenvalue weighted by molar-refractivity contribution is 5.90. The third kappa shape index (κ3) is 3.94. The van der Waals surface area contributed by atoms with Crippen LogP contribution in [0.15, 0.2) is 48.8 Å². The molecule has 2 aromatic rings. The lowest BCUT2D eigenvalue weighted by Crippen LogP contribution is -2.36. The van der Waals surface area contributed by atoms with Crippen molar-refractivity contribution in [2.45, 2.75) is 19.6 Å². The van der Waals surface area contributed by atoms with Crippen LogP contribution in [0.4, 0.5) is 20.6 Å². The average Bonchev–Trinajstić information content (AvgIpc) is 3.07. The van der Waals surface area contributed by atoms with Gasteiger partial charge in [0.25, 0.3) is 0 Å². The van der Waals surface area contributed by atoms with E-state index in [1.165, 1.54) is 17.9 Å². The Morgan fingerprint density at radius 1 is 1.19 bits per heavy atom. The fraction of sp³-hybridized carbons (Fsp3) is 0.435. The van der Waals surface area contributed by atoms with Gasteiger partial charge in [-0.05, 0) is 30.0 Å². The van der Waals surface area contributed by atoms with E-state index in [9.17, 15) is 14.0 Å². The monoisotopic (exact) mass is 425 g/mol. The van der Waals surface area contributed by atoms with Crippen LogP contribution in [0.2, 0.25) is 0 Å². The first-order chi connectivity index (χ1) is 15.0. The second-order valence-electron chi connectivity index (χ2n) is 8.66. The Morgan fingerprint density at radius 2 is 1.94 bits per heavy atom. The van der Waals surface area contributed by atoms with E-state index in [0.717, 1.165) is 19.6 Å². The lowest BCUT2D eigenvalue weighted by Gasteiger charge is -2.23. The second kappa shape index (κ2) is 7.83. The summed E-state index contributed by atoms with van der Waals surface area (Å²) in [5.74, 6) is 1.36. The molecular formula is C23H26FN4O3+. The van der Waals surface area contributed by atoms with Crippen LogP contribution in [0.1, 0.15) is 6.92 Å². The molecule has 3 fully saturated rings. The number of hydrogen-bond acceptors (Lipinski definition) is 4. The predicted octanol–water partition coefficient (Wildman–Crippen LogP) is 1.96. The molecule has 2 saturated heterocycles. The number of halogens is 1. The number of ether oxygens (including phenoxy) is 1. The van der Waals surface area contributed by atoms with Gasteiger partial charge in [-0.2, -0.15) is 0 Å². The van der Waals surface area contributed by atoms with Crippen molar-refractivity contribution in [2.75, 3.05) is 36.0 Å². The quantitative estimate of drug-likeness (QED) is 0.719. The summed E-state index contributed by atoms with van der Waals surface area (Å²) >= 11 is 0. The van der Waals surface area contributed by atoms with E-state index >= 15 is 0 Å². The van der Waals surface area contributed by atoms with Gasteiger partial charge in [-0.1, -0.05) is 6.07 Å². The minimum Gasteiger partial charge on any atom is -0.442 e. The Kier molecular flexibility index (Phi) is 5.00. The molecule has 0 spiro atoms. The molecule has 5 rings (SSSR count). The Hall–Kier alpha value is -3.16. The van der Waals surface area contributed by atoms with E-state index in [1.54, 1.807) is 12.1 Å². The largest absolute Gasteiger partial charge is 0.442 e. The number of pyridine rings is 1. The molecule has 4 atom stereocenters. The topological polar surface area (TPSA) is 65.8 Å². The molecule has 1 aliphatic carbocycles. The van der Waals surface area contributed by atoms with Gasteiger partial charge in [0.1, 0.15) is 11.9 Å². The van der Waals surface area contributed by atoms with Crippen molar-refractivity contribution >= 4 is 23.4 Å². The molecule has 8 heteroatoms. The summed E-state index contributed by atoms with van der Waals surface area (Å²) in [4.78, 5) is 26.8. The summed E-state index contributed by atoms with van der Waals surface area (Å²) in [5, 5.41) is 2.64. The van der Waals surface area contributed by atoms with Gasteiger partial charge in [-0.15, -0.1) is 0 Å². The van der Waals surface area contributed by atoms with Gasteiger partial charge in [0.15, 0.2) is 18.9 Å². The third-order valence-corrected chi connectivity index (χ3v) is 6.61. The number of benzene rings is 1. The summed E-state index contributed by atoms with van der Waals surface area (Å²) in [6.07, 6.45) is 3.22.